The normalized spacial score (nSPS) is 17.0. The van der Waals surface area contributed by atoms with Crippen molar-refractivity contribution in [1.29, 1.82) is 0 Å². The average Bonchev–Trinajstić information content (AvgIpc) is 3.01. The highest BCUT2D eigenvalue weighted by atomic mass is 19.1. The summed E-state index contributed by atoms with van der Waals surface area (Å²) in [5.74, 6) is -0.590. The zero-order chi connectivity index (χ0) is 19.7. The van der Waals surface area contributed by atoms with Gasteiger partial charge in [0.1, 0.15) is 11.9 Å². The van der Waals surface area contributed by atoms with Gasteiger partial charge in [-0.2, -0.15) is 0 Å². The van der Waals surface area contributed by atoms with E-state index < -0.39 is 6.04 Å². The molecule has 1 aliphatic heterocycles. The van der Waals surface area contributed by atoms with Crippen LogP contribution in [0.3, 0.4) is 0 Å². The highest BCUT2D eigenvalue weighted by Crippen LogP contribution is 2.25. The number of rotatable bonds is 4. The van der Waals surface area contributed by atoms with E-state index in [9.17, 15) is 14.0 Å². The van der Waals surface area contributed by atoms with Crippen molar-refractivity contribution in [2.45, 2.75) is 25.8 Å². The summed E-state index contributed by atoms with van der Waals surface area (Å²) < 4.78 is 14.0. The van der Waals surface area contributed by atoms with E-state index in [1.54, 1.807) is 11.0 Å². The molecule has 0 bridgehead atoms. The van der Waals surface area contributed by atoms with E-state index in [0.717, 1.165) is 16.8 Å². The van der Waals surface area contributed by atoms with Gasteiger partial charge < -0.3 is 15.2 Å². The number of aryl methyl sites for hydroxylation is 1. The van der Waals surface area contributed by atoms with Gasteiger partial charge in [-0.25, -0.2) is 4.39 Å². The maximum absolute atomic E-state index is 14.0. The fraction of sp³-hybridized carbons (Fsp3) is 0.273. The van der Waals surface area contributed by atoms with Crippen LogP contribution in [0.1, 0.15) is 16.8 Å². The third-order valence-corrected chi connectivity index (χ3v) is 5.35. The number of aromatic nitrogens is 1. The van der Waals surface area contributed by atoms with Crippen LogP contribution in [-0.4, -0.2) is 40.8 Å². The number of carbonyl (C=O) groups is 2. The monoisotopic (exact) mass is 379 g/mol. The van der Waals surface area contributed by atoms with E-state index >= 15 is 0 Å². The van der Waals surface area contributed by atoms with Crippen LogP contribution < -0.4 is 5.32 Å². The van der Waals surface area contributed by atoms with Gasteiger partial charge in [-0.15, -0.1) is 0 Å². The van der Waals surface area contributed by atoms with Crippen LogP contribution in [0.25, 0.3) is 10.9 Å². The second kappa shape index (κ2) is 7.46. The second-order valence-electron chi connectivity index (χ2n) is 7.15. The lowest BCUT2D eigenvalue weighted by Crippen LogP contribution is -2.58. The van der Waals surface area contributed by atoms with Crippen molar-refractivity contribution in [2.75, 3.05) is 13.1 Å². The van der Waals surface area contributed by atoms with Gasteiger partial charge in [0, 0.05) is 30.6 Å². The van der Waals surface area contributed by atoms with Crippen LogP contribution in [0, 0.1) is 12.7 Å². The number of carbonyl (C=O) groups excluding carboxylic acids is 2. The molecule has 0 radical (unpaired) electrons. The van der Waals surface area contributed by atoms with Gasteiger partial charge in [-0.05, 0) is 24.1 Å². The summed E-state index contributed by atoms with van der Waals surface area (Å²) in [6, 6.07) is 14.0. The largest absolute Gasteiger partial charge is 0.356 e. The lowest BCUT2D eigenvalue weighted by molar-refractivity contribution is -0.142. The van der Waals surface area contributed by atoms with Crippen LogP contribution in [0.15, 0.2) is 48.5 Å². The topological polar surface area (TPSA) is 65.2 Å². The molecule has 4 rings (SSSR count). The summed E-state index contributed by atoms with van der Waals surface area (Å²) in [7, 11) is 0. The lowest BCUT2D eigenvalue weighted by atomic mass is 10.0. The zero-order valence-corrected chi connectivity index (χ0v) is 15.7. The Morgan fingerprint density at radius 3 is 2.75 bits per heavy atom. The molecule has 0 aliphatic carbocycles. The Balaban J connectivity index is 1.60. The van der Waals surface area contributed by atoms with Crippen LogP contribution >= 0.6 is 0 Å². The van der Waals surface area contributed by atoms with Crippen molar-refractivity contribution in [3.05, 3.63) is 71.2 Å². The predicted molar refractivity (Wildman–Crippen MR) is 105 cm³/mol. The highest BCUT2D eigenvalue weighted by molar-refractivity contribution is 5.93. The van der Waals surface area contributed by atoms with E-state index in [1.807, 2.05) is 43.3 Å². The van der Waals surface area contributed by atoms with Crippen molar-refractivity contribution in [3.63, 3.8) is 0 Å². The minimum Gasteiger partial charge on any atom is -0.356 e. The molecule has 1 aliphatic rings. The van der Waals surface area contributed by atoms with Gasteiger partial charge in [0.05, 0.1) is 11.9 Å². The number of amides is 2. The number of fused-ring (bicyclic) bond motifs is 1. The third-order valence-electron chi connectivity index (χ3n) is 5.35. The summed E-state index contributed by atoms with van der Waals surface area (Å²) in [5.41, 5.74) is 2.98. The molecule has 2 heterocycles. The number of aromatic amines is 1. The molecule has 1 saturated heterocycles. The van der Waals surface area contributed by atoms with Crippen molar-refractivity contribution >= 4 is 22.7 Å². The number of piperazine rings is 1. The van der Waals surface area contributed by atoms with E-state index in [4.69, 9.17) is 0 Å². The Kier molecular flexibility index (Phi) is 4.86. The molecule has 2 N–H and O–H groups in total. The molecule has 3 aromatic rings. The van der Waals surface area contributed by atoms with E-state index in [2.05, 4.69) is 10.3 Å². The first kappa shape index (κ1) is 18.2. The molecule has 1 aromatic heterocycles. The van der Waals surface area contributed by atoms with Crippen LogP contribution in [0.4, 0.5) is 4.39 Å². The summed E-state index contributed by atoms with van der Waals surface area (Å²) in [5, 5.41) is 3.57. The van der Waals surface area contributed by atoms with Gasteiger partial charge in [0.25, 0.3) is 0 Å². The smallest absolute Gasteiger partial charge is 0.243 e. The fourth-order valence-corrected chi connectivity index (χ4v) is 3.90. The number of hydrogen-bond donors (Lipinski definition) is 2. The summed E-state index contributed by atoms with van der Waals surface area (Å²) in [6.45, 7) is 2.75. The summed E-state index contributed by atoms with van der Waals surface area (Å²) in [4.78, 5) is 30.3. The summed E-state index contributed by atoms with van der Waals surface area (Å²) in [6.07, 6.45) is 0.605. The van der Waals surface area contributed by atoms with Crippen LogP contribution in [0.5, 0.6) is 0 Å². The number of benzene rings is 2. The fourth-order valence-electron chi connectivity index (χ4n) is 3.90. The lowest BCUT2D eigenvalue weighted by Gasteiger charge is -2.35. The Morgan fingerprint density at radius 2 is 1.96 bits per heavy atom. The van der Waals surface area contributed by atoms with Crippen LogP contribution in [-0.2, 0) is 22.4 Å². The number of hydrogen-bond acceptors (Lipinski definition) is 2. The highest BCUT2D eigenvalue weighted by Gasteiger charge is 2.33. The molecule has 5 nitrogen and oxygen atoms in total. The number of nitrogens with zero attached hydrogens (tertiary/aromatic N) is 1. The minimum absolute atomic E-state index is 0.121. The molecular weight excluding hydrogens is 357 g/mol. The van der Waals surface area contributed by atoms with Crippen molar-refractivity contribution in [1.82, 2.24) is 15.2 Å². The van der Waals surface area contributed by atoms with E-state index in [0.29, 0.717) is 30.4 Å². The molecule has 0 spiro atoms. The molecule has 0 unspecified atom stereocenters. The number of halogens is 1. The molecule has 28 heavy (non-hydrogen) atoms. The number of H-pyrrole nitrogens is 1. The standard InChI is InChI=1S/C22H22FN3O2/c1-14-17(16-8-5-9-18(23)21(16)25-14)13-20(27)26-11-10-24-22(28)19(26)12-15-6-3-2-4-7-15/h2-9,19,25H,10-13H2,1H3,(H,24,28)/t19-/m0/s1. The van der Waals surface area contributed by atoms with Crippen molar-refractivity contribution < 1.29 is 14.0 Å². The molecule has 6 heteroatoms. The Hall–Kier alpha value is -3.15. The molecule has 2 aromatic carbocycles. The Morgan fingerprint density at radius 1 is 1.18 bits per heavy atom. The summed E-state index contributed by atoms with van der Waals surface area (Å²) >= 11 is 0. The van der Waals surface area contributed by atoms with E-state index in [-0.39, 0.29) is 24.1 Å². The molecular formula is C22H22FN3O2. The molecule has 1 fully saturated rings. The van der Waals surface area contributed by atoms with E-state index in [1.165, 1.54) is 6.07 Å². The van der Waals surface area contributed by atoms with Gasteiger partial charge >= 0.3 is 0 Å². The van der Waals surface area contributed by atoms with Gasteiger partial charge in [0.15, 0.2) is 0 Å². The molecule has 2 amide bonds. The van der Waals surface area contributed by atoms with Gasteiger partial charge in [-0.1, -0.05) is 42.5 Å². The maximum Gasteiger partial charge on any atom is 0.243 e. The average molecular weight is 379 g/mol. The predicted octanol–water partition coefficient (Wildman–Crippen LogP) is 2.73. The first-order valence-corrected chi connectivity index (χ1v) is 9.41. The SMILES string of the molecule is Cc1[nH]c2c(F)cccc2c1CC(=O)N1CCNC(=O)[C@@H]1Cc1ccccc1. The second-order valence-corrected chi connectivity index (χ2v) is 7.15. The van der Waals surface area contributed by atoms with Crippen molar-refractivity contribution in [2.24, 2.45) is 0 Å². The third kappa shape index (κ3) is 3.38. The zero-order valence-electron chi connectivity index (χ0n) is 15.7. The molecule has 0 saturated carbocycles. The first-order valence-electron chi connectivity index (χ1n) is 9.41. The number of nitrogens with one attached hydrogen (secondary N) is 2. The van der Waals surface area contributed by atoms with Crippen LogP contribution in [0.2, 0.25) is 0 Å². The Bertz CT molecular complexity index is 1030. The maximum atomic E-state index is 14.0. The minimum atomic E-state index is -0.536. The van der Waals surface area contributed by atoms with Crippen molar-refractivity contribution in [3.8, 4) is 0 Å². The van der Waals surface area contributed by atoms with Gasteiger partial charge in [-0.3, -0.25) is 9.59 Å². The first-order chi connectivity index (χ1) is 13.5. The Labute approximate surface area is 162 Å². The quantitative estimate of drug-likeness (QED) is 0.732. The number of para-hydroxylation sites is 1. The van der Waals surface area contributed by atoms with Gasteiger partial charge in [0.2, 0.25) is 11.8 Å². The molecule has 1 atom stereocenters. The molecule has 144 valence electrons.